The SMILES string of the molecule is CC(C)C[C@H](NC(=O)CCc1ccncn1)C(=O)O. The van der Waals surface area contributed by atoms with Gasteiger partial charge in [-0.15, -0.1) is 0 Å². The summed E-state index contributed by atoms with van der Waals surface area (Å²) in [6.45, 7) is 3.84. The van der Waals surface area contributed by atoms with E-state index in [4.69, 9.17) is 5.11 Å². The van der Waals surface area contributed by atoms with Gasteiger partial charge in [-0.1, -0.05) is 13.8 Å². The van der Waals surface area contributed by atoms with Crippen LogP contribution in [0.5, 0.6) is 0 Å². The molecule has 19 heavy (non-hydrogen) atoms. The van der Waals surface area contributed by atoms with Crippen molar-refractivity contribution in [3.63, 3.8) is 0 Å². The summed E-state index contributed by atoms with van der Waals surface area (Å²) in [4.78, 5) is 30.5. The van der Waals surface area contributed by atoms with Crippen LogP contribution in [0.3, 0.4) is 0 Å². The quantitative estimate of drug-likeness (QED) is 0.768. The number of carbonyl (C=O) groups excluding carboxylic acids is 1. The second kappa shape index (κ2) is 7.45. The zero-order valence-electron chi connectivity index (χ0n) is 11.2. The van der Waals surface area contributed by atoms with Crippen LogP contribution in [0.25, 0.3) is 0 Å². The minimum atomic E-state index is -0.996. The number of aryl methyl sites for hydroxylation is 1. The van der Waals surface area contributed by atoms with E-state index in [0.717, 1.165) is 5.69 Å². The van der Waals surface area contributed by atoms with E-state index in [0.29, 0.717) is 12.8 Å². The first-order chi connectivity index (χ1) is 8.99. The van der Waals surface area contributed by atoms with Crippen LogP contribution in [0.4, 0.5) is 0 Å². The Bertz CT molecular complexity index is 420. The number of carboxylic acid groups (broad SMARTS) is 1. The summed E-state index contributed by atoms with van der Waals surface area (Å²) in [6.07, 6.45) is 4.15. The van der Waals surface area contributed by atoms with Crippen LogP contribution < -0.4 is 5.32 Å². The van der Waals surface area contributed by atoms with E-state index in [1.165, 1.54) is 6.33 Å². The highest BCUT2D eigenvalue weighted by Gasteiger charge is 2.20. The third-order valence-electron chi connectivity index (χ3n) is 2.59. The van der Waals surface area contributed by atoms with Crippen molar-refractivity contribution >= 4 is 11.9 Å². The highest BCUT2D eigenvalue weighted by Crippen LogP contribution is 2.06. The second-order valence-electron chi connectivity index (χ2n) is 4.79. The molecule has 0 aliphatic rings. The maximum absolute atomic E-state index is 11.7. The molecule has 0 aliphatic carbocycles. The Morgan fingerprint density at radius 1 is 1.42 bits per heavy atom. The zero-order valence-corrected chi connectivity index (χ0v) is 11.2. The van der Waals surface area contributed by atoms with Crippen molar-refractivity contribution in [2.75, 3.05) is 0 Å². The standard InChI is InChI=1S/C13H19N3O3/c1-9(2)7-11(13(18)19)16-12(17)4-3-10-5-6-14-8-15-10/h5-6,8-9,11H,3-4,7H2,1-2H3,(H,16,17)(H,18,19)/t11-/m0/s1. The first-order valence-electron chi connectivity index (χ1n) is 6.26. The monoisotopic (exact) mass is 265 g/mol. The Balaban J connectivity index is 2.42. The van der Waals surface area contributed by atoms with Crippen LogP contribution >= 0.6 is 0 Å². The van der Waals surface area contributed by atoms with E-state index >= 15 is 0 Å². The van der Waals surface area contributed by atoms with Gasteiger partial charge in [0.15, 0.2) is 0 Å². The number of hydrogen-bond acceptors (Lipinski definition) is 4. The summed E-state index contributed by atoms with van der Waals surface area (Å²) in [7, 11) is 0. The molecule has 0 aliphatic heterocycles. The van der Waals surface area contributed by atoms with Gasteiger partial charge < -0.3 is 10.4 Å². The lowest BCUT2D eigenvalue weighted by molar-refractivity contribution is -0.142. The predicted octanol–water partition coefficient (Wildman–Crippen LogP) is 1.02. The van der Waals surface area contributed by atoms with Crippen molar-refractivity contribution in [1.29, 1.82) is 0 Å². The van der Waals surface area contributed by atoms with Crippen molar-refractivity contribution in [3.05, 3.63) is 24.3 Å². The van der Waals surface area contributed by atoms with Crippen LogP contribution in [0.2, 0.25) is 0 Å². The van der Waals surface area contributed by atoms with Gasteiger partial charge in [-0.25, -0.2) is 14.8 Å². The molecule has 1 atom stereocenters. The molecule has 0 fully saturated rings. The minimum absolute atomic E-state index is 0.211. The fraction of sp³-hybridized carbons (Fsp3) is 0.538. The lowest BCUT2D eigenvalue weighted by Gasteiger charge is -2.16. The molecule has 0 radical (unpaired) electrons. The van der Waals surface area contributed by atoms with Crippen molar-refractivity contribution < 1.29 is 14.7 Å². The highest BCUT2D eigenvalue weighted by atomic mass is 16.4. The van der Waals surface area contributed by atoms with Crippen molar-refractivity contribution in [1.82, 2.24) is 15.3 Å². The van der Waals surface area contributed by atoms with Gasteiger partial charge >= 0.3 is 5.97 Å². The number of carbonyl (C=O) groups is 2. The van der Waals surface area contributed by atoms with E-state index in [1.807, 2.05) is 13.8 Å². The van der Waals surface area contributed by atoms with Gasteiger partial charge in [0.2, 0.25) is 5.91 Å². The Morgan fingerprint density at radius 3 is 2.68 bits per heavy atom. The Hall–Kier alpha value is -1.98. The summed E-state index contributed by atoms with van der Waals surface area (Å²) < 4.78 is 0. The maximum atomic E-state index is 11.7. The van der Waals surface area contributed by atoms with Crippen molar-refractivity contribution in [2.24, 2.45) is 5.92 Å². The molecule has 0 aromatic carbocycles. The summed E-state index contributed by atoms with van der Waals surface area (Å²) in [5.74, 6) is -1.06. The number of nitrogens with zero attached hydrogens (tertiary/aromatic N) is 2. The largest absolute Gasteiger partial charge is 0.480 e. The average Bonchev–Trinajstić information content (AvgIpc) is 2.36. The molecular formula is C13H19N3O3. The molecular weight excluding hydrogens is 246 g/mol. The average molecular weight is 265 g/mol. The van der Waals surface area contributed by atoms with Gasteiger partial charge in [0, 0.05) is 18.3 Å². The number of rotatable bonds is 7. The van der Waals surface area contributed by atoms with E-state index in [-0.39, 0.29) is 18.2 Å². The second-order valence-corrected chi connectivity index (χ2v) is 4.79. The summed E-state index contributed by atoms with van der Waals surface area (Å²) in [6, 6.07) is 0.911. The molecule has 1 rings (SSSR count). The zero-order chi connectivity index (χ0) is 14.3. The van der Waals surface area contributed by atoms with Gasteiger partial charge in [0.1, 0.15) is 12.4 Å². The van der Waals surface area contributed by atoms with Gasteiger partial charge in [-0.05, 0) is 24.8 Å². The smallest absolute Gasteiger partial charge is 0.326 e. The fourth-order valence-corrected chi connectivity index (χ4v) is 1.67. The predicted molar refractivity (Wildman–Crippen MR) is 69.4 cm³/mol. The van der Waals surface area contributed by atoms with Gasteiger partial charge in [-0.3, -0.25) is 4.79 Å². The summed E-state index contributed by atoms with van der Waals surface area (Å²) >= 11 is 0. The molecule has 2 N–H and O–H groups in total. The van der Waals surface area contributed by atoms with E-state index in [1.54, 1.807) is 12.3 Å². The first kappa shape index (κ1) is 15.1. The third kappa shape index (κ3) is 5.94. The number of nitrogens with one attached hydrogen (secondary N) is 1. The number of carboxylic acids is 1. The Morgan fingerprint density at radius 2 is 2.16 bits per heavy atom. The van der Waals surface area contributed by atoms with Crippen LogP contribution in [0, 0.1) is 5.92 Å². The van der Waals surface area contributed by atoms with Gasteiger partial charge in [0.25, 0.3) is 0 Å². The molecule has 6 nitrogen and oxygen atoms in total. The molecule has 1 aromatic heterocycles. The first-order valence-corrected chi connectivity index (χ1v) is 6.26. The normalized spacial score (nSPS) is 12.2. The number of aliphatic carboxylic acids is 1. The maximum Gasteiger partial charge on any atom is 0.326 e. The van der Waals surface area contributed by atoms with E-state index in [2.05, 4.69) is 15.3 Å². The minimum Gasteiger partial charge on any atom is -0.480 e. The molecule has 0 spiro atoms. The molecule has 0 saturated carbocycles. The molecule has 0 saturated heterocycles. The van der Waals surface area contributed by atoms with Crippen LogP contribution in [-0.4, -0.2) is 33.0 Å². The third-order valence-corrected chi connectivity index (χ3v) is 2.59. The molecule has 0 unspecified atom stereocenters. The summed E-state index contributed by atoms with van der Waals surface area (Å²) in [5, 5.41) is 11.6. The molecule has 0 bridgehead atoms. The molecule has 1 heterocycles. The lowest BCUT2D eigenvalue weighted by atomic mass is 10.0. The lowest BCUT2D eigenvalue weighted by Crippen LogP contribution is -2.41. The fourth-order valence-electron chi connectivity index (χ4n) is 1.67. The molecule has 1 aromatic rings. The topological polar surface area (TPSA) is 92.2 Å². The number of amides is 1. The highest BCUT2D eigenvalue weighted by molar-refractivity contribution is 5.83. The summed E-state index contributed by atoms with van der Waals surface area (Å²) in [5.41, 5.74) is 0.765. The Kier molecular flexibility index (Phi) is 5.92. The Labute approximate surface area is 112 Å². The van der Waals surface area contributed by atoms with Crippen LogP contribution in [0.1, 0.15) is 32.4 Å². The van der Waals surface area contributed by atoms with E-state index in [9.17, 15) is 9.59 Å². The van der Waals surface area contributed by atoms with Gasteiger partial charge in [-0.2, -0.15) is 0 Å². The van der Waals surface area contributed by atoms with Gasteiger partial charge in [0.05, 0.1) is 0 Å². The molecule has 1 amide bonds. The van der Waals surface area contributed by atoms with Crippen molar-refractivity contribution in [3.8, 4) is 0 Å². The van der Waals surface area contributed by atoms with E-state index < -0.39 is 12.0 Å². The number of aromatic nitrogens is 2. The van der Waals surface area contributed by atoms with Crippen molar-refractivity contribution in [2.45, 2.75) is 39.2 Å². The van der Waals surface area contributed by atoms with Crippen LogP contribution in [-0.2, 0) is 16.0 Å². The molecule has 104 valence electrons. The number of hydrogen-bond donors (Lipinski definition) is 2. The molecule has 6 heteroatoms. The van der Waals surface area contributed by atoms with Crippen LogP contribution in [0.15, 0.2) is 18.6 Å².